The van der Waals surface area contributed by atoms with Crippen LogP contribution in [-0.4, -0.2) is 52.6 Å². The van der Waals surface area contributed by atoms with E-state index in [1.54, 1.807) is 4.90 Å². The smallest absolute Gasteiger partial charge is 0.253 e. The molecular formula is C21H23BrN2O2. The van der Waals surface area contributed by atoms with Gasteiger partial charge in [-0.3, -0.25) is 9.69 Å². The number of likely N-dealkylation sites (tertiary alicyclic amines) is 1. The molecule has 26 heavy (non-hydrogen) atoms. The van der Waals surface area contributed by atoms with Gasteiger partial charge < -0.3 is 10.0 Å². The second kappa shape index (κ2) is 7.51. The third-order valence-corrected chi connectivity index (χ3v) is 6.08. The van der Waals surface area contributed by atoms with Gasteiger partial charge in [0.15, 0.2) is 0 Å². The molecule has 2 aromatic carbocycles. The highest BCUT2D eigenvalue weighted by molar-refractivity contribution is 9.10. The Morgan fingerprint density at radius 2 is 1.77 bits per heavy atom. The number of amides is 1. The van der Waals surface area contributed by atoms with Gasteiger partial charge >= 0.3 is 0 Å². The molecular weight excluding hydrogens is 392 g/mol. The monoisotopic (exact) mass is 414 g/mol. The van der Waals surface area contributed by atoms with Gasteiger partial charge in [-0.15, -0.1) is 0 Å². The minimum absolute atomic E-state index is 0.000935. The predicted molar refractivity (Wildman–Crippen MR) is 105 cm³/mol. The van der Waals surface area contributed by atoms with Crippen molar-refractivity contribution in [2.75, 3.05) is 19.6 Å². The van der Waals surface area contributed by atoms with E-state index in [0.29, 0.717) is 18.7 Å². The fraction of sp³-hybridized carbons (Fsp3) is 0.381. The summed E-state index contributed by atoms with van der Waals surface area (Å²) < 4.78 is 0.957. The number of aliphatic hydroxyl groups excluding tert-OH is 1. The number of fused-ring (bicyclic) bond motifs is 1. The topological polar surface area (TPSA) is 43.8 Å². The van der Waals surface area contributed by atoms with Crippen LogP contribution in [0, 0.1) is 0 Å². The lowest BCUT2D eigenvalue weighted by Gasteiger charge is -2.43. The molecule has 0 bridgehead atoms. The molecule has 0 spiro atoms. The van der Waals surface area contributed by atoms with Crippen LogP contribution >= 0.6 is 15.9 Å². The third-order valence-electron chi connectivity index (χ3n) is 5.55. The summed E-state index contributed by atoms with van der Waals surface area (Å²) in [5.41, 5.74) is 3.45. The lowest BCUT2D eigenvalue weighted by Crippen LogP contribution is -2.56. The molecule has 136 valence electrons. The van der Waals surface area contributed by atoms with Crippen molar-refractivity contribution in [2.24, 2.45) is 0 Å². The molecule has 1 saturated heterocycles. The first-order valence-corrected chi connectivity index (χ1v) is 9.95. The van der Waals surface area contributed by atoms with E-state index < -0.39 is 6.10 Å². The first-order chi connectivity index (χ1) is 12.6. The Bertz CT molecular complexity index is 793. The molecule has 2 unspecified atom stereocenters. The van der Waals surface area contributed by atoms with Gasteiger partial charge in [-0.2, -0.15) is 0 Å². The van der Waals surface area contributed by atoms with Crippen LogP contribution in [0.4, 0.5) is 0 Å². The van der Waals surface area contributed by atoms with Crippen LogP contribution in [0.25, 0.3) is 0 Å². The Kier molecular flexibility index (Phi) is 5.11. The highest BCUT2D eigenvalue weighted by atomic mass is 79.9. The third kappa shape index (κ3) is 3.56. The SMILES string of the molecule is O=C(c1ccc(Br)cc1)N1CCC(N2CCc3ccccc3C2)C(O)C1. The predicted octanol–water partition coefficient (Wildman–Crippen LogP) is 3.08. The highest BCUT2D eigenvalue weighted by Crippen LogP contribution is 2.26. The first kappa shape index (κ1) is 17.7. The summed E-state index contributed by atoms with van der Waals surface area (Å²) in [6.07, 6.45) is 1.33. The number of piperidine rings is 1. The molecule has 2 heterocycles. The van der Waals surface area contributed by atoms with Crippen molar-refractivity contribution in [2.45, 2.75) is 31.5 Å². The van der Waals surface area contributed by atoms with Gasteiger partial charge in [-0.25, -0.2) is 0 Å². The lowest BCUT2D eigenvalue weighted by atomic mass is 9.94. The van der Waals surface area contributed by atoms with Crippen LogP contribution < -0.4 is 0 Å². The maximum atomic E-state index is 12.7. The van der Waals surface area contributed by atoms with E-state index in [9.17, 15) is 9.90 Å². The minimum atomic E-state index is -0.506. The number of rotatable bonds is 2. The van der Waals surface area contributed by atoms with Crippen molar-refractivity contribution in [3.63, 3.8) is 0 Å². The first-order valence-electron chi connectivity index (χ1n) is 9.15. The molecule has 1 fully saturated rings. The number of hydrogen-bond acceptors (Lipinski definition) is 3. The van der Waals surface area contributed by atoms with Gasteiger partial charge in [0.25, 0.3) is 5.91 Å². The summed E-state index contributed by atoms with van der Waals surface area (Å²) in [4.78, 5) is 16.9. The fourth-order valence-corrected chi connectivity index (χ4v) is 4.37. The van der Waals surface area contributed by atoms with Gasteiger partial charge in [0.2, 0.25) is 0 Å². The molecule has 1 N–H and O–H groups in total. The highest BCUT2D eigenvalue weighted by Gasteiger charge is 2.35. The van der Waals surface area contributed by atoms with Gasteiger partial charge in [0, 0.05) is 42.3 Å². The van der Waals surface area contributed by atoms with E-state index in [-0.39, 0.29) is 11.9 Å². The Balaban J connectivity index is 1.41. The quantitative estimate of drug-likeness (QED) is 0.820. The zero-order valence-electron chi connectivity index (χ0n) is 14.6. The zero-order chi connectivity index (χ0) is 18.1. The number of carbonyl (C=O) groups is 1. The summed E-state index contributed by atoms with van der Waals surface area (Å²) in [5, 5.41) is 10.7. The molecule has 0 aromatic heterocycles. The molecule has 0 aliphatic carbocycles. The van der Waals surface area contributed by atoms with Gasteiger partial charge in [-0.1, -0.05) is 40.2 Å². The summed E-state index contributed by atoms with van der Waals surface area (Å²) in [6.45, 7) is 2.95. The Labute approximate surface area is 162 Å². The summed E-state index contributed by atoms with van der Waals surface area (Å²) in [7, 11) is 0. The van der Waals surface area contributed by atoms with E-state index >= 15 is 0 Å². The number of β-amino-alcohol motifs (C(OH)–C–C–N with tert-alkyl or cyclic N) is 1. The molecule has 2 aliphatic rings. The van der Waals surface area contributed by atoms with Gasteiger partial charge in [-0.05, 0) is 48.2 Å². The van der Waals surface area contributed by atoms with Crippen molar-refractivity contribution in [3.05, 3.63) is 69.7 Å². The average molecular weight is 415 g/mol. The molecule has 4 nitrogen and oxygen atoms in total. The lowest BCUT2D eigenvalue weighted by molar-refractivity contribution is -0.0137. The number of halogens is 1. The number of carbonyl (C=O) groups excluding carboxylic acids is 1. The molecule has 0 radical (unpaired) electrons. The van der Waals surface area contributed by atoms with Crippen LogP contribution in [0.15, 0.2) is 53.0 Å². The summed E-state index contributed by atoms with van der Waals surface area (Å²) >= 11 is 3.39. The van der Waals surface area contributed by atoms with Gasteiger partial charge in [0.1, 0.15) is 0 Å². The summed E-state index contributed by atoms with van der Waals surface area (Å²) in [5.74, 6) is -0.000935. The Morgan fingerprint density at radius 3 is 2.50 bits per heavy atom. The molecule has 4 rings (SSSR count). The summed E-state index contributed by atoms with van der Waals surface area (Å²) in [6, 6.07) is 16.1. The molecule has 2 aliphatic heterocycles. The maximum Gasteiger partial charge on any atom is 0.253 e. The van der Waals surface area contributed by atoms with Crippen LogP contribution in [0.3, 0.4) is 0 Å². The van der Waals surface area contributed by atoms with Crippen molar-refractivity contribution in [1.82, 2.24) is 9.80 Å². The van der Waals surface area contributed by atoms with Crippen LogP contribution in [0.1, 0.15) is 27.9 Å². The standard InChI is InChI=1S/C21H23BrN2O2/c22-18-7-5-16(6-8-18)21(26)24-12-10-19(20(25)14-24)23-11-9-15-3-1-2-4-17(15)13-23/h1-8,19-20,25H,9-14H2. The van der Waals surface area contributed by atoms with E-state index in [1.807, 2.05) is 24.3 Å². The fourth-order valence-electron chi connectivity index (χ4n) is 4.11. The molecule has 1 amide bonds. The molecule has 5 heteroatoms. The number of hydrogen-bond donors (Lipinski definition) is 1. The van der Waals surface area contributed by atoms with Crippen molar-refractivity contribution >= 4 is 21.8 Å². The molecule has 2 atom stereocenters. The number of aliphatic hydroxyl groups is 1. The Morgan fingerprint density at radius 1 is 1.04 bits per heavy atom. The van der Waals surface area contributed by atoms with E-state index in [2.05, 4.69) is 45.1 Å². The number of nitrogens with zero attached hydrogens (tertiary/aromatic N) is 2. The van der Waals surface area contributed by atoms with E-state index in [1.165, 1.54) is 11.1 Å². The second-order valence-electron chi connectivity index (χ2n) is 7.17. The van der Waals surface area contributed by atoms with E-state index in [4.69, 9.17) is 0 Å². The minimum Gasteiger partial charge on any atom is -0.390 e. The molecule has 0 saturated carbocycles. The zero-order valence-corrected chi connectivity index (χ0v) is 16.2. The Hall–Kier alpha value is -1.69. The van der Waals surface area contributed by atoms with Crippen molar-refractivity contribution in [1.29, 1.82) is 0 Å². The second-order valence-corrected chi connectivity index (χ2v) is 8.09. The van der Waals surface area contributed by atoms with Gasteiger partial charge in [0.05, 0.1) is 6.10 Å². The van der Waals surface area contributed by atoms with Crippen LogP contribution in [0.5, 0.6) is 0 Å². The number of benzene rings is 2. The van der Waals surface area contributed by atoms with Crippen LogP contribution in [0.2, 0.25) is 0 Å². The largest absolute Gasteiger partial charge is 0.390 e. The van der Waals surface area contributed by atoms with Crippen molar-refractivity contribution < 1.29 is 9.90 Å². The van der Waals surface area contributed by atoms with Crippen molar-refractivity contribution in [3.8, 4) is 0 Å². The van der Waals surface area contributed by atoms with Crippen LogP contribution in [-0.2, 0) is 13.0 Å². The normalized spacial score (nSPS) is 23.5. The average Bonchev–Trinajstić information content (AvgIpc) is 2.67. The maximum absolute atomic E-state index is 12.7. The molecule has 2 aromatic rings. The van der Waals surface area contributed by atoms with E-state index in [0.717, 1.165) is 30.4 Å².